The molecule has 0 unspecified atom stereocenters. The zero-order valence-electron chi connectivity index (χ0n) is 7.96. The molecule has 0 radical (unpaired) electrons. The minimum Gasteiger partial charge on any atom is -0.310 e. The third-order valence-corrected chi connectivity index (χ3v) is 2.88. The Hall–Kier alpha value is -1.35. The number of aromatic amines is 1. The molecule has 15 heavy (non-hydrogen) atoms. The highest BCUT2D eigenvalue weighted by Gasteiger charge is 2.26. The summed E-state index contributed by atoms with van der Waals surface area (Å²) in [5, 5.41) is 1.13. The van der Waals surface area contributed by atoms with E-state index in [0.717, 1.165) is 24.2 Å². The van der Waals surface area contributed by atoms with Gasteiger partial charge in [0.2, 0.25) is 0 Å². The van der Waals surface area contributed by atoms with Crippen LogP contribution in [0.25, 0.3) is 10.9 Å². The van der Waals surface area contributed by atoms with Crippen molar-refractivity contribution in [1.29, 1.82) is 0 Å². The molecule has 4 heteroatoms. The Balaban J connectivity index is 2.31. The number of nitrogens with zero attached hydrogens (tertiary/aromatic N) is 1. The Morgan fingerprint density at radius 1 is 1.40 bits per heavy atom. The number of hydrogen-bond acceptors (Lipinski definition) is 2. The standard InChI is InChI=1S/C11H9ClN2O/c12-7-3-4-9-8(5-7)11(15)14-10(13-9)6-1-2-6/h3-6H,1-2H2,(H,13,14,15). The van der Waals surface area contributed by atoms with E-state index >= 15 is 0 Å². The lowest BCUT2D eigenvalue weighted by molar-refractivity contribution is 0.931. The highest BCUT2D eigenvalue weighted by molar-refractivity contribution is 6.31. The minimum atomic E-state index is -0.0931. The van der Waals surface area contributed by atoms with Crippen LogP contribution < -0.4 is 5.56 Å². The molecule has 1 N–H and O–H groups in total. The van der Waals surface area contributed by atoms with Crippen molar-refractivity contribution in [2.75, 3.05) is 0 Å². The minimum absolute atomic E-state index is 0.0931. The second kappa shape index (κ2) is 3.07. The molecule has 1 fully saturated rings. The van der Waals surface area contributed by atoms with Crippen LogP contribution in [-0.2, 0) is 0 Å². The molecule has 76 valence electrons. The lowest BCUT2D eigenvalue weighted by atomic mass is 10.2. The molecule has 0 amide bonds. The SMILES string of the molecule is O=c1[nH]c(C2CC2)nc2ccc(Cl)cc12. The van der Waals surface area contributed by atoms with E-state index in [0.29, 0.717) is 16.3 Å². The molecule has 1 aromatic carbocycles. The summed E-state index contributed by atoms with van der Waals surface area (Å²) < 4.78 is 0. The van der Waals surface area contributed by atoms with Gasteiger partial charge >= 0.3 is 0 Å². The Morgan fingerprint density at radius 2 is 2.20 bits per heavy atom. The van der Waals surface area contributed by atoms with Crippen LogP contribution in [0.1, 0.15) is 24.6 Å². The second-order valence-electron chi connectivity index (χ2n) is 3.89. The summed E-state index contributed by atoms with van der Waals surface area (Å²) in [6.07, 6.45) is 2.25. The third-order valence-electron chi connectivity index (χ3n) is 2.65. The van der Waals surface area contributed by atoms with Crippen molar-refractivity contribution < 1.29 is 0 Å². The predicted molar refractivity (Wildman–Crippen MR) is 59.3 cm³/mol. The molecule has 1 aliphatic rings. The van der Waals surface area contributed by atoms with Crippen LogP contribution in [-0.4, -0.2) is 9.97 Å². The van der Waals surface area contributed by atoms with E-state index in [1.165, 1.54) is 0 Å². The van der Waals surface area contributed by atoms with Gasteiger partial charge in [-0.25, -0.2) is 4.98 Å². The normalized spacial score (nSPS) is 15.8. The zero-order chi connectivity index (χ0) is 10.4. The largest absolute Gasteiger partial charge is 0.310 e. The number of nitrogens with one attached hydrogen (secondary N) is 1. The molecule has 1 heterocycles. The Kier molecular flexibility index (Phi) is 1.83. The van der Waals surface area contributed by atoms with E-state index in [1.54, 1.807) is 18.2 Å². The van der Waals surface area contributed by atoms with Gasteiger partial charge in [-0.05, 0) is 31.0 Å². The van der Waals surface area contributed by atoms with Gasteiger partial charge in [0.25, 0.3) is 5.56 Å². The predicted octanol–water partition coefficient (Wildman–Crippen LogP) is 2.45. The summed E-state index contributed by atoms with van der Waals surface area (Å²) in [5.41, 5.74) is 0.634. The maximum Gasteiger partial charge on any atom is 0.258 e. The molecule has 0 spiro atoms. The van der Waals surface area contributed by atoms with Crippen LogP contribution in [0, 0.1) is 0 Å². The van der Waals surface area contributed by atoms with E-state index in [9.17, 15) is 4.79 Å². The maximum absolute atomic E-state index is 11.7. The highest BCUT2D eigenvalue weighted by Crippen LogP contribution is 2.37. The first-order chi connectivity index (χ1) is 7.24. The van der Waals surface area contributed by atoms with Crippen molar-refractivity contribution >= 4 is 22.5 Å². The third kappa shape index (κ3) is 1.53. The smallest absolute Gasteiger partial charge is 0.258 e. The van der Waals surface area contributed by atoms with Crippen molar-refractivity contribution in [3.8, 4) is 0 Å². The molecule has 0 atom stereocenters. The summed E-state index contributed by atoms with van der Waals surface area (Å²) in [4.78, 5) is 19.0. The molecular formula is C11H9ClN2O. The first-order valence-electron chi connectivity index (χ1n) is 4.93. The summed E-state index contributed by atoms with van der Waals surface area (Å²) >= 11 is 5.82. The second-order valence-corrected chi connectivity index (χ2v) is 4.32. The van der Waals surface area contributed by atoms with Crippen molar-refractivity contribution in [2.45, 2.75) is 18.8 Å². The average Bonchev–Trinajstić information content (AvgIpc) is 3.02. The van der Waals surface area contributed by atoms with Crippen LogP contribution in [0.4, 0.5) is 0 Å². The van der Waals surface area contributed by atoms with Gasteiger partial charge < -0.3 is 4.98 Å². The number of benzene rings is 1. The number of hydrogen-bond donors (Lipinski definition) is 1. The van der Waals surface area contributed by atoms with Crippen molar-refractivity contribution in [2.24, 2.45) is 0 Å². The maximum atomic E-state index is 11.7. The molecule has 3 rings (SSSR count). The van der Waals surface area contributed by atoms with Gasteiger partial charge in [-0.2, -0.15) is 0 Å². The van der Waals surface area contributed by atoms with E-state index in [-0.39, 0.29) is 5.56 Å². The van der Waals surface area contributed by atoms with Gasteiger partial charge in [-0.15, -0.1) is 0 Å². The lowest BCUT2D eigenvalue weighted by Gasteiger charge is -2.01. The molecule has 0 aliphatic heterocycles. The monoisotopic (exact) mass is 220 g/mol. The van der Waals surface area contributed by atoms with E-state index < -0.39 is 0 Å². The zero-order valence-corrected chi connectivity index (χ0v) is 8.71. The number of rotatable bonds is 1. The Morgan fingerprint density at radius 3 is 2.93 bits per heavy atom. The fraction of sp³-hybridized carbons (Fsp3) is 0.273. The van der Waals surface area contributed by atoms with E-state index in [4.69, 9.17) is 11.6 Å². The molecular weight excluding hydrogens is 212 g/mol. The first kappa shape index (κ1) is 8.92. The fourth-order valence-corrected chi connectivity index (χ4v) is 1.85. The molecule has 1 saturated carbocycles. The topological polar surface area (TPSA) is 45.8 Å². The molecule has 3 nitrogen and oxygen atoms in total. The quantitative estimate of drug-likeness (QED) is 0.803. The van der Waals surface area contributed by atoms with Crippen molar-refractivity contribution in [3.63, 3.8) is 0 Å². The van der Waals surface area contributed by atoms with Gasteiger partial charge in [-0.3, -0.25) is 4.79 Å². The van der Waals surface area contributed by atoms with E-state index in [1.807, 2.05) is 0 Å². The summed E-state index contributed by atoms with van der Waals surface area (Å²) in [7, 11) is 0. The summed E-state index contributed by atoms with van der Waals surface area (Å²) in [6, 6.07) is 5.20. The van der Waals surface area contributed by atoms with Crippen molar-refractivity contribution in [1.82, 2.24) is 9.97 Å². The number of fused-ring (bicyclic) bond motifs is 1. The van der Waals surface area contributed by atoms with Crippen LogP contribution in [0.2, 0.25) is 5.02 Å². The number of H-pyrrole nitrogens is 1. The van der Waals surface area contributed by atoms with E-state index in [2.05, 4.69) is 9.97 Å². The van der Waals surface area contributed by atoms with Gasteiger partial charge in [0.05, 0.1) is 10.9 Å². The van der Waals surface area contributed by atoms with Crippen LogP contribution in [0.3, 0.4) is 0 Å². The first-order valence-corrected chi connectivity index (χ1v) is 5.31. The van der Waals surface area contributed by atoms with Crippen LogP contribution in [0.5, 0.6) is 0 Å². The van der Waals surface area contributed by atoms with Gasteiger partial charge in [0.15, 0.2) is 0 Å². The summed E-state index contributed by atoms with van der Waals surface area (Å²) in [6.45, 7) is 0. The van der Waals surface area contributed by atoms with Gasteiger partial charge in [-0.1, -0.05) is 11.6 Å². The molecule has 1 aliphatic carbocycles. The Bertz CT molecular complexity index is 587. The molecule has 0 saturated heterocycles. The molecule has 2 aromatic rings. The highest BCUT2D eigenvalue weighted by atomic mass is 35.5. The Labute approximate surface area is 91.1 Å². The van der Waals surface area contributed by atoms with Gasteiger partial charge in [0, 0.05) is 10.9 Å². The van der Waals surface area contributed by atoms with Crippen LogP contribution >= 0.6 is 11.6 Å². The lowest BCUT2D eigenvalue weighted by Crippen LogP contribution is -2.11. The molecule has 0 bridgehead atoms. The van der Waals surface area contributed by atoms with Crippen molar-refractivity contribution in [3.05, 3.63) is 39.4 Å². The summed E-state index contributed by atoms with van der Waals surface area (Å²) in [5.74, 6) is 1.27. The number of aromatic nitrogens is 2. The average molecular weight is 221 g/mol. The molecule has 1 aromatic heterocycles. The van der Waals surface area contributed by atoms with Crippen LogP contribution in [0.15, 0.2) is 23.0 Å². The van der Waals surface area contributed by atoms with Gasteiger partial charge in [0.1, 0.15) is 5.82 Å². The fourth-order valence-electron chi connectivity index (χ4n) is 1.68. The number of halogens is 1.